The molecule has 1 aromatic heterocycles. The van der Waals surface area contributed by atoms with E-state index >= 15 is 0 Å². The Morgan fingerprint density at radius 1 is 1.29 bits per heavy atom. The molecule has 2 N–H and O–H groups in total. The summed E-state index contributed by atoms with van der Waals surface area (Å²) in [6.07, 6.45) is 0.0542. The standard InChI is InChI=1S/C19H22N2O3/c1-13-11-17(22)15-12-14(8-9-16(15)21-13)7-5-6-10-20-18(23)24-19(2,3)4/h8-9,11-12H,6,10H2,1-4H3,(H,20,23)(H,21,22). The van der Waals surface area contributed by atoms with Crippen LogP contribution in [0.2, 0.25) is 0 Å². The van der Waals surface area contributed by atoms with Crippen LogP contribution in [0.3, 0.4) is 0 Å². The molecular weight excluding hydrogens is 304 g/mol. The number of aromatic amines is 1. The van der Waals surface area contributed by atoms with Gasteiger partial charge < -0.3 is 15.0 Å². The van der Waals surface area contributed by atoms with Crippen molar-refractivity contribution in [3.8, 4) is 11.8 Å². The number of carbonyl (C=O) groups is 1. The molecular formula is C19H22N2O3. The molecule has 0 radical (unpaired) electrons. The van der Waals surface area contributed by atoms with E-state index in [1.165, 1.54) is 0 Å². The topological polar surface area (TPSA) is 71.2 Å². The van der Waals surface area contributed by atoms with Crippen LogP contribution in [0.4, 0.5) is 4.79 Å². The average Bonchev–Trinajstić information content (AvgIpc) is 2.45. The molecule has 0 saturated carbocycles. The van der Waals surface area contributed by atoms with E-state index in [-0.39, 0.29) is 5.43 Å². The fourth-order valence-electron chi connectivity index (χ4n) is 2.16. The second-order valence-electron chi connectivity index (χ2n) is 6.56. The molecule has 24 heavy (non-hydrogen) atoms. The monoisotopic (exact) mass is 326 g/mol. The summed E-state index contributed by atoms with van der Waals surface area (Å²) < 4.78 is 5.14. The third-order valence-corrected chi connectivity index (χ3v) is 3.12. The molecule has 0 aliphatic rings. The number of amides is 1. The number of nitrogens with one attached hydrogen (secondary N) is 2. The summed E-state index contributed by atoms with van der Waals surface area (Å²) in [5, 5.41) is 3.28. The molecule has 0 spiro atoms. The molecule has 5 heteroatoms. The first kappa shape index (κ1) is 17.6. The maximum absolute atomic E-state index is 12.0. The summed E-state index contributed by atoms with van der Waals surface area (Å²) in [4.78, 5) is 26.6. The van der Waals surface area contributed by atoms with Gasteiger partial charge in [-0.05, 0) is 45.9 Å². The molecule has 5 nitrogen and oxygen atoms in total. The van der Waals surface area contributed by atoms with Gasteiger partial charge in [-0.25, -0.2) is 4.79 Å². The molecule has 126 valence electrons. The molecule has 0 saturated heterocycles. The largest absolute Gasteiger partial charge is 0.444 e. The minimum atomic E-state index is -0.508. The van der Waals surface area contributed by atoms with Crippen LogP contribution in [0.1, 0.15) is 38.4 Å². The lowest BCUT2D eigenvalue weighted by molar-refractivity contribution is 0.0529. The number of pyridine rings is 1. The second kappa shape index (κ2) is 7.22. The van der Waals surface area contributed by atoms with Crippen LogP contribution >= 0.6 is 0 Å². The van der Waals surface area contributed by atoms with Crippen LogP contribution in [-0.4, -0.2) is 23.2 Å². The van der Waals surface area contributed by atoms with Crippen molar-refractivity contribution in [3.63, 3.8) is 0 Å². The van der Waals surface area contributed by atoms with E-state index in [4.69, 9.17) is 4.74 Å². The molecule has 2 rings (SSSR count). The first-order valence-corrected chi connectivity index (χ1v) is 7.84. The lowest BCUT2D eigenvalue weighted by Gasteiger charge is -2.19. The van der Waals surface area contributed by atoms with Gasteiger partial charge in [0.25, 0.3) is 0 Å². The Morgan fingerprint density at radius 2 is 2.04 bits per heavy atom. The zero-order valence-electron chi connectivity index (χ0n) is 14.4. The number of H-pyrrole nitrogens is 1. The van der Waals surface area contributed by atoms with Gasteiger partial charge in [-0.15, -0.1) is 0 Å². The molecule has 0 aliphatic heterocycles. The first-order valence-electron chi connectivity index (χ1n) is 7.84. The number of ether oxygens (including phenoxy) is 1. The highest BCUT2D eigenvalue weighted by Crippen LogP contribution is 2.10. The van der Waals surface area contributed by atoms with Gasteiger partial charge in [0.2, 0.25) is 0 Å². The van der Waals surface area contributed by atoms with Crippen LogP contribution in [0.5, 0.6) is 0 Å². The lowest BCUT2D eigenvalue weighted by atomic mass is 10.1. The molecule has 1 aromatic carbocycles. The van der Waals surface area contributed by atoms with Gasteiger partial charge in [0.1, 0.15) is 5.60 Å². The molecule has 0 aliphatic carbocycles. The second-order valence-corrected chi connectivity index (χ2v) is 6.56. The highest BCUT2D eigenvalue weighted by atomic mass is 16.6. The first-order chi connectivity index (χ1) is 11.2. The van der Waals surface area contributed by atoms with Crippen LogP contribution in [-0.2, 0) is 4.74 Å². The number of aromatic nitrogens is 1. The Bertz CT molecular complexity index is 864. The van der Waals surface area contributed by atoms with E-state index in [9.17, 15) is 9.59 Å². The zero-order chi connectivity index (χ0) is 17.7. The fourth-order valence-corrected chi connectivity index (χ4v) is 2.16. The maximum atomic E-state index is 12.0. The van der Waals surface area contributed by atoms with Gasteiger partial charge in [-0.3, -0.25) is 4.79 Å². The smallest absolute Gasteiger partial charge is 0.407 e. The number of carbonyl (C=O) groups excluding carboxylic acids is 1. The molecule has 0 unspecified atom stereocenters. The summed E-state index contributed by atoms with van der Waals surface area (Å²) in [5.74, 6) is 5.99. The summed E-state index contributed by atoms with van der Waals surface area (Å²) in [6.45, 7) is 7.71. The third kappa shape index (κ3) is 5.17. The van der Waals surface area contributed by atoms with E-state index in [2.05, 4.69) is 22.1 Å². The van der Waals surface area contributed by atoms with Crippen molar-refractivity contribution in [2.24, 2.45) is 0 Å². The zero-order valence-corrected chi connectivity index (χ0v) is 14.4. The molecule has 0 bridgehead atoms. The summed E-state index contributed by atoms with van der Waals surface area (Å²) in [5.41, 5.74) is 1.88. The van der Waals surface area contributed by atoms with Gasteiger partial charge in [-0.2, -0.15) is 0 Å². The van der Waals surface area contributed by atoms with Crippen molar-refractivity contribution in [1.29, 1.82) is 0 Å². The Labute approximate surface area is 141 Å². The van der Waals surface area contributed by atoms with Crippen LogP contribution in [0.15, 0.2) is 29.1 Å². The summed E-state index contributed by atoms with van der Waals surface area (Å²) in [6, 6.07) is 7.07. The molecule has 1 amide bonds. The van der Waals surface area contributed by atoms with E-state index in [0.29, 0.717) is 18.4 Å². The van der Waals surface area contributed by atoms with Crippen molar-refractivity contribution >= 4 is 17.0 Å². The quantitative estimate of drug-likeness (QED) is 0.658. The van der Waals surface area contributed by atoms with Crippen molar-refractivity contribution in [3.05, 3.63) is 45.7 Å². The van der Waals surface area contributed by atoms with Crippen molar-refractivity contribution < 1.29 is 9.53 Å². The Hall–Kier alpha value is -2.74. The number of rotatable bonds is 2. The van der Waals surface area contributed by atoms with Crippen LogP contribution in [0.25, 0.3) is 10.9 Å². The predicted molar refractivity (Wildman–Crippen MR) is 95.0 cm³/mol. The lowest BCUT2D eigenvalue weighted by Crippen LogP contribution is -2.32. The predicted octanol–water partition coefficient (Wildman–Crippen LogP) is 3.10. The Balaban J connectivity index is 1.96. The van der Waals surface area contributed by atoms with Crippen LogP contribution in [0, 0.1) is 18.8 Å². The highest BCUT2D eigenvalue weighted by Gasteiger charge is 2.15. The molecule has 0 fully saturated rings. The Morgan fingerprint density at radius 3 is 2.75 bits per heavy atom. The van der Waals surface area contributed by atoms with E-state index < -0.39 is 11.7 Å². The fraction of sp³-hybridized carbons (Fsp3) is 0.368. The number of hydrogen-bond acceptors (Lipinski definition) is 3. The van der Waals surface area contributed by atoms with Gasteiger partial charge >= 0.3 is 6.09 Å². The van der Waals surface area contributed by atoms with E-state index in [1.807, 2.05) is 39.8 Å². The maximum Gasteiger partial charge on any atom is 0.407 e. The third-order valence-electron chi connectivity index (χ3n) is 3.12. The number of hydrogen-bond donors (Lipinski definition) is 2. The summed E-state index contributed by atoms with van der Waals surface area (Å²) >= 11 is 0. The van der Waals surface area contributed by atoms with Crippen molar-refractivity contribution in [2.75, 3.05) is 6.54 Å². The number of benzene rings is 1. The highest BCUT2D eigenvalue weighted by molar-refractivity contribution is 5.80. The van der Waals surface area contributed by atoms with Gasteiger partial charge in [-0.1, -0.05) is 11.8 Å². The van der Waals surface area contributed by atoms with Crippen LogP contribution < -0.4 is 10.7 Å². The van der Waals surface area contributed by atoms with Gasteiger partial charge in [0.05, 0.1) is 0 Å². The normalized spacial score (nSPS) is 10.8. The van der Waals surface area contributed by atoms with E-state index in [0.717, 1.165) is 16.8 Å². The number of alkyl carbamates (subject to hydrolysis) is 1. The van der Waals surface area contributed by atoms with E-state index in [1.54, 1.807) is 12.1 Å². The molecule has 2 aromatic rings. The minimum Gasteiger partial charge on any atom is -0.444 e. The SMILES string of the molecule is Cc1cc(=O)c2cc(C#CCCNC(=O)OC(C)(C)C)ccc2[nH]1. The minimum absolute atomic E-state index is 0.0171. The average molecular weight is 326 g/mol. The molecule has 0 atom stereocenters. The Kier molecular flexibility index (Phi) is 5.30. The van der Waals surface area contributed by atoms with Crippen molar-refractivity contribution in [2.45, 2.75) is 39.7 Å². The van der Waals surface area contributed by atoms with Gasteiger partial charge in [0.15, 0.2) is 5.43 Å². The van der Waals surface area contributed by atoms with Gasteiger partial charge in [0, 0.05) is 41.2 Å². The summed E-state index contributed by atoms with van der Waals surface area (Å²) in [7, 11) is 0. The molecule has 1 heterocycles. The number of fused-ring (bicyclic) bond motifs is 1. The van der Waals surface area contributed by atoms with Crippen molar-refractivity contribution in [1.82, 2.24) is 10.3 Å². The number of aryl methyl sites for hydroxylation is 1.